The number of carbonyl (C=O) groups is 2. The molecule has 2 aromatic carbocycles. The van der Waals surface area contributed by atoms with Crippen LogP contribution in [0.15, 0.2) is 41.8 Å². The van der Waals surface area contributed by atoms with E-state index in [0.29, 0.717) is 37.0 Å². The molecule has 2 fully saturated rings. The third-order valence-electron chi connectivity index (χ3n) is 8.62. The van der Waals surface area contributed by atoms with Crippen LogP contribution < -0.4 is 9.64 Å². The van der Waals surface area contributed by atoms with Crippen molar-refractivity contribution in [1.29, 1.82) is 0 Å². The summed E-state index contributed by atoms with van der Waals surface area (Å²) in [5.41, 5.74) is 4.83. The predicted molar refractivity (Wildman–Crippen MR) is 164 cm³/mol. The van der Waals surface area contributed by atoms with Gasteiger partial charge in [0.15, 0.2) is 5.13 Å². The minimum Gasteiger partial charge on any atom is -0.488 e. The molecule has 3 aromatic rings. The van der Waals surface area contributed by atoms with Crippen LogP contribution in [-0.4, -0.2) is 59.5 Å². The van der Waals surface area contributed by atoms with Gasteiger partial charge in [-0.2, -0.15) is 0 Å². The van der Waals surface area contributed by atoms with E-state index >= 15 is 0 Å². The molecule has 1 aliphatic carbocycles. The highest BCUT2D eigenvalue weighted by Gasteiger charge is 2.42. The molecule has 41 heavy (non-hydrogen) atoms. The average molecular weight is 576 g/mol. The van der Waals surface area contributed by atoms with Gasteiger partial charge in [-0.1, -0.05) is 17.7 Å². The molecule has 1 saturated heterocycles. The monoisotopic (exact) mass is 575 g/mol. The summed E-state index contributed by atoms with van der Waals surface area (Å²) in [7, 11) is 1.76. The van der Waals surface area contributed by atoms with Crippen molar-refractivity contribution in [2.45, 2.75) is 59.2 Å². The summed E-state index contributed by atoms with van der Waals surface area (Å²) < 4.78 is 6.35. The minimum absolute atomic E-state index is 0.0617. The maximum Gasteiger partial charge on any atom is 0.253 e. The zero-order valence-electron chi connectivity index (χ0n) is 24.7. The van der Waals surface area contributed by atoms with Gasteiger partial charge in [0.05, 0.1) is 11.3 Å². The maximum atomic E-state index is 12.9. The van der Waals surface area contributed by atoms with E-state index in [9.17, 15) is 14.7 Å². The summed E-state index contributed by atoms with van der Waals surface area (Å²) in [4.78, 5) is 33.5. The molecule has 1 saturated carbocycles. The molecule has 218 valence electrons. The molecular formula is C33H41N3O4S. The molecule has 1 aromatic heterocycles. The van der Waals surface area contributed by atoms with Crippen LogP contribution in [0.2, 0.25) is 0 Å². The Balaban J connectivity index is 1.27. The fraction of sp³-hybridized carbons (Fsp3) is 0.485. The van der Waals surface area contributed by atoms with Gasteiger partial charge in [-0.25, -0.2) is 4.98 Å². The van der Waals surface area contributed by atoms with Gasteiger partial charge in [-0.3, -0.25) is 4.79 Å². The van der Waals surface area contributed by atoms with E-state index in [2.05, 4.69) is 23.3 Å². The number of aryl methyl sites for hydroxylation is 2. The van der Waals surface area contributed by atoms with Crippen molar-refractivity contribution in [2.24, 2.45) is 17.8 Å². The van der Waals surface area contributed by atoms with E-state index in [1.165, 1.54) is 6.29 Å². The summed E-state index contributed by atoms with van der Waals surface area (Å²) in [6, 6.07) is 11.9. The number of hydrogen-bond donors (Lipinski definition) is 1. The SMILES string of the molecule is Cc1ccc(OCc2ccc(C(=O)N(C)CCC(C)(C)O)cc2C)c(-c2csc(N3CC4CCC(C3)C4C=O)n2)c1. The Morgan fingerprint density at radius 3 is 2.56 bits per heavy atom. The van der Waals surface area contributed by atoms with E-state index in [1.54, 1.807) is 37.1 Å². The molecule has 8 heteroatoms. The Morgan fingerprint density at radius 2 is 1.90 bits per heavy atom. The highest BCUT2D eigenvalue weighted by atomic mass is 32.1. The number of carbonyl (C=O) groups excluding carboxylic acids is 2. The Labute approximate surface area is 247 Å². The topological polar surface area (TPSA) is 83.0 Å². The number of aromatic nitrogens is 1. The fourth-order valence-corrected chi connectivity index (χ4v) is 6.90. The molecule has 2 heterocycles. The van der Waals surface area contributed by atoms with Crippen molar-refractivity contribution in [2.75, 3.05) is 31.6 Å². The Kier molecular flexibility index (Phi) is 8.52. The number of fused-ring (bicyclic) bond motifs is 2. The molecule has 0 radical (unpaired) electrons. The molecule has 1 aliphatic heterocycles. The van der Waals surface area contributed by atoms with Crippen LogP contribution >= 0.6 is 11.3 Å². The molecule has 2 atom stereocenters. The summed E-state index contributed by atoms with van der Waals surface area (Å²) in [5.74, 6) is 1.80. The van der Waals surface area contributed by atoms with Crippen LogP contribution in [0.25, 0.3) is 11.3 Å². The number of hydrogen-bond acceptors (Lipinski definition) is 7. The highest BCUT2D eigenvalue weighted by molar-refractivity contribution is 7.14. The molecule has 0 spiro atoms. The van der Waals surface area contributed by atoms with Crippen molar-refractivity contribution >= 4 is 28.7 Å². The zero-order valence-corrected chi connectivity index (χ0v) is 25.5. The first kappa shape index (κ1) is 29.3. The number of benzene rings is 2. The van der Waals surface area contributed by atoms with Crippen LogP contribution in [0.4, 0.5) is 5.13 Å². The lowest BCUT2D eigenvalue weighted by molar-refractivity contribution is -0.113. The average Bonchev–Trinajstić information content (AvgIpc) is 3.52. The van der Waals surface area contributed by atoms with Gasteiger partial charge in [0.25, 0.3) is 5.91 Å². The summed E-state index contributed by atoms with van der Waals surface area (Å²) in [6.45, 7) is 10.2. The number of piperidine rings is 1. The van der Waals surface area contributed by atoms with Gasteiger partial charge in [0.2, 0.25) is 0 Å². The molecular weight excluding hydrogens is 534 g/mol. The zero-order chi connectivity index (χ0) is 29.3. The van der Waals surface area contributed by atoms with Crippen molar-refractivity contribution in [3.05, 3.63) is 64.0 Å². The number of aldehydes is 1. The first-order valence-electron chi connectivity index (χ1n) is 14.5. The molecule has 5 rings (SSSR count). The lowest BCUT2D eigenvalue weighted by Gasteiger charge is -2.35. The number of thiazole rings is 1. The number of aliphatic hydroxyl groups is 1. The Hall–Kier alpha value is -3.23. The second-order valence-corrected chi connectivity index (χ2v) is 13.3. The van der Waals surface area contributed by atoms with Gasteiger partial charge in [0.1, 0.15) is 18.6 Å². The number of anilines is 1. The van der Waals surface area contributed by atoms with Crippen LogP contribution in [0, 0.1) is 31.6 Å². The molecule has 1 amide bonds. The van der Waals surface area contributed by atoms with Gasteiger partial charge in [0, 0.05) is 49.1 Å². The maximum absolute atomic E-state index is 12.9. The van der Waals surface area contributed by atoms with Crippen LogP contribution in [-0.2, 0) is 11.4 Å². The normalized spacial score (nSPS) is 20.2. The summed E-state index contributed by atoms with van der Waals surface area (Å²) >= 11 is 1.66. The first-order valence-corrected chi connectivity index (χ1v) is 15.4. The van der Waals surface area contributed by atoms with Crippen LogP contribution in [0.3, 0.4) is 0 Å². The third-order valence-corrected chi connectivity index (χ3v) is 9.52. The van der Waals surface area contributed by atoms with Gasteiger partial charge >= 0.3 is 0 Å². The van der Waals surface area contributed by atoms with Crippen molar-refractivity contribution in [1.82, 2.24) is 9.88 Å². The van der Waals surface area contributed by atoms with Gasteiger partial charge in [-0.05, 0) is 94.2 Å². The number of rotatable bonds is 10. The van der Waals surface area contributed by atoms with E-state index in [1.807, 2.05) is 37.3 Å². The number of nitrogens with zero attached hydrogens (tertiary/aromatic N) is 3. The molecule has 2 unspecified atom stereocenters. The molecule has 2 bridgehead atoms. The third kappa shape index (κ3) is 6.65. The highest BCUT2D eigenvalue weighted by Crippen LogP contribution is 2.43. The lowest BCUT2D eigenvalue weighted by atomic mass is 9.87. The quantitative estimate of drug-likeness (QED) is 0.303. The van der Waals surface area contributed by atoms with E-state index in [0.717, 1.165) is 64.8 Å². The van der Waals surface area contributed by atoms with E-state index < -0.39 is 5.60 Å². The Morgan fingerprint density at radius 1 is 1.17 bits per heavy atom. The molecule has 1 N–H and O–H groups in total. The largest absolute Gasteiger partial charge is 0.488 e. The smallest absolute Gasteiger partial charge is 0.253 e. The second kappa shape index (κ2) is 11.9. The van der Waals surface area contributed by atoms with Crippen LogP contribution in [0.5, 0.6) is 5.75 Å². The number of ether oxygens (including phenoxy) is 1. The van der Waals surface area contributed by atoms with Crippen LogP contribution in [0.1, 0.15) is 60.2 Å². The van der Waals surface area contributed by atoms with E-state index in [4.69, 9.17) is 9.72 Å². The second-order valence-electron chi connectivity index (χ2n) is 12.4. The van der Waals surface area contributed by atoms with Gasteiger partial charge < -0.3 is 24.4 Å². The first-order chi connectivity index (χ1) is 19.5. The fourth-order valence-electron chi connectivity index (χ4n) is 6.06. The molecule has 7 nitrogen and oxygen atoms in total. The van der Waals surface area contributed by atoms with Gasteiger partial charge in [-0.15, -0.1) is 11.3 Å². The van der Waals surface area contributed by atoms with Crippen molar-refractivity contribution in [3.63, 3.8) is 0 Å². The van der Waals surface area contributed by atoms with E-state index in [-0.39, 0.29) is 11.8 Å². The summed E-state index contributed by atoms with van der Waals surface area (Å²) in [6.07, 6.45) is 3.95. The van der Waals surface area contributed by atoms with Crippen molar-refractivity contribution in [3.8, 4) is 17.0 Å². The standard InChI is InChI=1S/C33H41N3O4S/c1-21-6-11-30(40-19-26-10-7-23(15-22(26)2)31(38)35(5)13-12-33(3,4)39)27(14-21)29-20-41-32(34-29)36-16-24-8-9-25(17-36)28(24)18-37/h6-7,10-11,14-15,18,20,24-25,28,39H,8-9,12-13,16-17,19H2,1-5H3. The predicted octanol–water partition coefficient (Wildman–Crippen LogP) is 5.90. The molecule has 2 aliphatic rings. The number of amides is 1. The summed E-state index contributed by atoms with van der Waals surface area (Å²) in [5, 5.41) is 13.1. The van der Waals surface area contributed by atoms with Crippen molar-refractivity contribution < 1.29 is 19.4 Å². The Bertz CT molecular complexity index is 1400. The lowest BCUT2D eigenvalue weighted by Crippen LogP contribution is -2.42. The minimum atomic E-state index is -0.811.